The molecule has 0 saturated heterocycles. The SMILES string of the molecule is Cc1cccc2c1OCCCC2NCCCC(C)C. The lowest BCUT2D eigenvalue weighted by Gasteiger charge is -2.19. The molecule has 1 N–H and O–H groups in total. The van der Waals surface area contributed by atoms with Crippen molar-refractivity contribution in [1.29, 1.82) is 0 Å². The van der Waals surface area contributed by atoms with Gasteiger partial charge in [0.25, 0.3) is 0 Å². The van der Waals surface area contributed by atoms with E-state index in [0.29, 0.717) is 6.04 Å². The molecule has 1 aromatic rings. The fourth-order valence-corrected chi connectivity index (χ4v) is 2.76. The van der Waals surface area contributed by atoms with Crippen molar-refractivity contribution in [3.63, 3.8) is 0 Å². The minimum Gasteiger partial charge on any atom is -0.493 e. The predicted molar refractivity (Wildman–Crippen MR) is 80.7 cm³/mol. The quantitative estimate of drug-likeness (QED) is 0.801. The summed E-state index contributed by atoms with van der Waals surface area (Å²) in [7, 11) is 0. The molecule has 106 valence electrons. The van der Waals surface area contributed by atoms with Crippen LogP contribution in [0.1, 0.15) is 56.7 Å². The number of nitrogens with one attached hydrogen (secondary N) is 1. The lowest BCUT2D eigenvalue weighted by molar-refractivity contribution is 0.313. The van der Waals surface area contributed by atoms with Gasteiger partial charge in [-0.05, 0) is 50.6 Å². The number of ether oxygens (including phenoxy) is 1. The highest BCUT2D eigenvalue weighted by atomic mass is 16.5. The van der Waals surface area contributed by atoms with E-state index in [4.69, 9.17) is 4.74 Å². The molecule has 1 unspecified atom stereocenters. The van der Waals surface area contributed by atoms with Crippen LogP contribution in [0.2, 0.25) is 0 Å². The molecule has 1 aromatic carbocycles. The van der Waals surface area contributed by atoms with Crippen LogP contribution in [-0.4, -0.2) is 13.2 Å². The summed E-state index contributed by atoms with van der Waals surface area (Å²) in [5.74, 6) is 1.91. The molecule has 19 heavy (non-hydrogen) atoms. The van der Waals surface area contributed by atoms with Crippen LogP contribution in [-0.2, 0) is 0 Å². The number of aryl methyl sites for hydroxylation is 1. The minimum atomic E-state index is 0.463. The average molecular weight is 261 g/mol. The Kier molecular flexibility index (Phi) is 5.26. The first kappa shape index (κ1) is 14.4. The van der Waals surface area contributed by atoms with Crippen LogP contribution in [0.15, 0.2) is 18.2 Å². The van der Waals surface area contributed by atoms with E-state index in [2.05, 4.69) is 44.3 Å². The lowest BCUT2D eigenvalue weighted by Crippen LogP contribution is -2.22. The number of hydrogen-bond donors (Lipinski definition) is 1. The van der Waals surface area contributed by atoms with Crippen molar-refractivity contribution in [2.45, 2.75) is 52.5 Å². The Morgan fingerprint density at radius 1 is 1.37 bits per heavy atom. The molecule has 0 bridgehead atoms. The van der Waals surface area contributed by atoms with Crippen molar-refractivity contribution in [3.05, 3.63) is 29.3 Å². The highest BCUT2D eigenvalue weighted by Gasteiger charge is 2.20. The Hall–Kier alpha value is -1.02. The van der Waals surface area contributed by atoms with E-state index in [1.165, 1.54) is 30.4 Å². The van der Waals surface area contributed by atoms with Crippen LogP contribution < -0.4 is 10.1 Å². The van der Waals surface area contributed by atoms with Gasteiger partial charge in [0.05, 0.1) is 6.61 Å². The van der Waals surface area contributed by atoms with Gasteiger partial charge in [-0.3, -0.25) is 0 Å². The van der Waals surface area contributed by atoms with Gasteiger partial charge in [-0.15, -0.1) is 0 Å². The summed E-state index contributed by atoms with van der Waals surface area (Å²) in [6.07, 6.45) is 4.88. The Balaban J connectivity index is 1.99. The monoisotopic (exact) mass is 261 g/mol. The van der Waals surface area contributed by atoms with E-state index in [0.717, 1.165) is 31.2 Å². The van der Waals surface area contributed by atoms with Crippen molar-refractivity contribution in [3.8, 4) is 5.75 Å². The Morgan fingerprint density at radius 2 is 2.21 bits per heavy atom. The third kappa shape index (κ3) is 3.97. The zero-order chi connectivity index (χ0) is 13.7. The summed E-state index contributed by atoms with van der Waals surface area (Å²) in [6.45, 7) is 8.68. The van der Waals surface area contributed by atoms with Crippen molar-refractivity contribution in [2.24, 2.45) is 5.92 Å². The standard InChI is InChI=1S/C17H27NO/c1-13(2)7-5-11-18-16-10-6-12-19-17-14(3)8-4-9-15(16)17/h4,8-9,13,16,18H,5-7,10-12H2,1-3H3. The van der Waals surface area contributed by atoms with Crippen LogP contribution in [0.4, 0.5) is 0 Å². The van der Waals surface area contributed by atoms with Crippen LogP contribution in [0, 0.1) is 12.8 Å². The van der Waals surface area contributed by atoms with Crippen LogP contribution in [0.3, 0.4) is 0 Å². The van der Waals surface area contributed by atoms with E-state index in [1.807, 2.05) is 0 Å². The van der Waals surface area contributed by atoms with Gasteiger partial charge in [0.1, 0.15) is 5.75 Å². The Labute approximate surface area is 117 Å². The van der Waals surface area contributed by atoms with Gasteiger partial charge in [-0.1, -0.05) is 32.0 Å². The zero-order valence-electron chi connectivity index (χ0n) is 12.5. The number of rotatable bonds is 5. The summed E-state index contributed by atoms with van der Waals surface area (Å²) in [4.78, 5) is 0. The molecule has 2 nitrogen and oxygen atoms in total. The normalized spacial score (nSPS) is 18.8. The first-order chi connectivity index (χ1) is 9.18. The number of hydrogen-bond acceptors (Lipinski definition) is 2. The van der Waals surface area contributed by atoms with Gasteiger partial charge < -0.3 is 10.1 Å². The number of para-hydroxylation sites is 1. The summed E-state index contributed by atoms with van der Waals surface area (Å²) in [6, 6.07) is 6.96. The highest BCUT2D eigenvalue weighted by Crippen LogP contribution is 2.33. The molecule has 0 aliphatic carbocycles. The van der Waals surface area contributed by atoms with Crippen molar-refractivity contribution < 1.29 is 4.74 Å². The maximum atomic E-state index is 5.91. The van der Waals surface area contributed by atoms with Gasteiger partial charge >= 0.3 is 0 Å². The summed E-state index contributed by atoms with van der Waals surface area (Å²) in [5.41, 5.74) is 2.61. The largest absolute Gasteiger partial charge is 0.493 e. The first-order valence-corrected chi connectivity index (χ1v) is 7.64. The molecule has 0 amide bonds. The zero-order valence-corrected chi connectivity index (χ0v) is 12.5. The second kappa shape index (κ2) is 6.95. The van der Waals surface area contributed by atoms with Crippen molar-refractivity contribution >= 4 is 0 Å². The van der Waals surface area contributed by atoms with Gasteiger partial charge in [-0.25, -0.2) is 0 Å². The molecule has 1 heterocycles. The third-order valence-electron chi connectivity index (χ3n) is 3.85. The predicted octanol–water partition coefficient (Wildman–Crippen LogP) is 4.23. The molecule has 0 spiro atoms. The van der Waals surface area contributed by atoms with E-state index in [1.54, 1.807) is 0 Å². The summed E-state index contributed by atoms with van der Waals surface area (Å²) >= 11 is 0. The molecule has 0 radical (unpaired) electrons. The Bertz CT molecular complexity index is 400. The maximum Gasteiger partial charge on any atom is 0.126 e. The molecule has 1 aliphatic rings. The van der Waals surface area contributed by atoms with E-state index < -0.39 is 0 Å². The topological polar surface area (TPSA) is 21.3 Å². The molecule has 1 aliphatic heterocycles. The fraction of sp³-hybridized carbons (Fsp3) is 0.647. The molecule has 2 heteroatoms. The second-order valence-electron chi connectivity index (χ2n) is 6.03. The molecular formula is C17H27NO. The smallest absolute Gasteiger partial charge is 0.126 e. The van der Waals surface area contributed by atoms with Crippen LogP contribution in [0.5, 0.6) is 5.75 Å². The molecule has 0 fully saturated rings. The van der Waals surface area contributed by atoms with Crippen molar-refractivity contribution in [1.82, 2.24) is 5.32 Å². The molecule has 0 aromatic heterocycles. The average Bonchev–Trinajstić information content (AvgIpc) is 2.58. The van der Waals surface area contributed by atoms with Gasteiger partial charge in [0, 0.05) is 11.6 Å². The summed E-state index contributed by atoms with van der Waals surface area (Å²) in [5, 5.41) is 3.72. The van der Waals surface area contributed by atoms with Crippen LogP contribution >= 0.6 is 0 Å². The lowest BCUT2D eigenvalue weighted by atomic mass is 9.99. The highest BCUT2D eigenvalue weighted by molar-refractivity contribution is 5.43. The van der Waals surface area contributed by atoms with E-state index in [9.17, 15) is 0 Å². The molecule has 1 atom stereocenters. The first-order valence-electron chi connectivity index (χ1n) is 7.64. The van der Waals surface area contributed by atoms with Gasteiger partial charge in [-0.2, -0.15) is 0 Å². The fourth-order valence-electron chi connectivity index (χ4n) is 2.76. The van der Waals surface area contributed by atoms with E-state index >= 15 is 0 Å². The minimum absolute atomic E-state index is 0.463. The summed E-state index contributed by atoms with van der Waals surface area (Å²) < 4.78 is 5.91. The van der Waals surface area contributed by atoms with Gasteiger partial charge in [0.2, 0.25) is 0 Å². The molecular weight excluding hydrogens is 234 g/mol. The van der Waals surface area contributed by atoms with Crippen molar-refractivity contribution in [2.75, 3.05) is 13.2 Å². The number of benzene rings is 1. The number of fused-ring (bicyclic) bond motifs is 1. The Morgan fingerprint density at radius 3 is 3.00 bits per heavy atom. The van der Waals surface area contributed by atoms with E-state index in [-0.39, 0.29) is 0 Å². The molecule has 0 saturated carbocycles. The molecule has 2 rings (SSSR count). The third-order valence-corrected chi connectivity index (χ3v) is 3.85. The maximum absolute atomic E-state index is 5.91. The van der Waals surface area contributed by atoms with Gasteiger partial charge in [0.15, 0.2) is 0 Å². The van der Waals surface area contributed by atoms with Crippen LogP contribution in [0.25, 0.3) is 0 Å². The second-order valence-corrected chi connectivity index (χ2v) is 6.03.